The van der Waals surface area contributed by atoms with E-state index in [1.165, 1.54) is 12.1 Å². The van der Waals surface area contributed by atoms with E-state index in [9.17, 15) is 8.78 Å². The van der Waals surface area contributed by atoms with Gasteiger partial charge in [-0.25, -0.2) is 8.78 Å². The van der Waals surface area contributed by atoms with E-state index in [4.69, 9.17) is 4.74 Å². The van der Waals surface area contributed by atoms with Gasteiger partial charge in [0.25, 0.3) is 0 Å². The van der Waals surface area contributed by atoms with E-state index in [0.717, 1.165) is 6.07 Å². The van der Waals surface area contributed by atoms with Crippen LogP contribution in [0.1, 0.15) is 25.5 Å². The van der Waals surface area contributed by atoms with Crippen molar-refractivity contribution in [1.82, 2.24) is 5.32 Å². The highest BCUT2D eigenvalue weighted by Gasteiger charge is 2.28. The third-order valence-corrected chi connectivity index (χ3v) is 2.80. The van der Waals surface area contributed by atoms with Crippen LogP contribution in [0.3, 0.4) is 0 Å². The Balaban J connectivity index is 0.00000144. The molecule has 0 saturated carbocycles. The predicted molar refractivity (Wildman–Crippen MR) is 64.4 cm³/mol. The average Bonchev–Trinajstić information content (AvgIpc) is 2.19. The molecule has 5 heteroatoms. The minimum Gasteiger partial charge on any atom is -0.370 e. The standard InChI is InChI=1S/C12H15F2NO.ClH/c1-7-6-16-12(8(2)15-7)10-4-3-9(13)5-11(10)14;/h3-5,7-8,12,15H,6H2,1-2H3;1H/t7-,8?,12?;/m0./s1. The summed E-state index contributed by atoms with van der Waals surface area (Å²) in [5, 5.41) is 3.28. The minimum atomic E-state index is -0.564. The van der Waals surface area contributed by atoms with E-state index in [0.29, 0.717) is 12.2 Å². The van der Waals surface area contributed by atoms with Gasteiger partial charge in [-0.15, -0.1) is 12.4 Å². The van der Waals surface area contributed by atoms with Crippen molar-refractivity contribution < 1.29 is 13.5 Å². The van der Waals surface area contributed by atoms with Crippen molar-refractivity contribution >= 4 is 12.4 Å². The maximum Gasteiger partial charge on any atom is 0.131 e. The van der Waals surface area contributed by atoms with Crippen molar-refractivity contribution in [3.05, 3.63) is 35.4 Å². The summed E-state index contributed by atoms with van der Waals surface area (Å²) in [5.41, 5.74) is 0.410. The van der Waals surface area contributed by atoms with Crippen molar-refractivity contribution in [2.45, 2.75) is 32.0 Å². The summed E-state index contributed by atoms with van der Waals surface area (Å²) in [7, 11) is 0. The predicted octanol–water partition coefficient (Wildman–Crippen LogP) is 2.82. The lowest BCUT2D eigenvalue weighted by molar-refractivity contribution is -0.0225. The molecular formula is C12H16ClF2NO. The van der Waals surface area contributed by atoms with Gasteiger partial charge in [0.15, 0.2) is 0 Å². The van der Waals surface area contributed by atoms with E-state index in [1.807, 2.05) is 13.8 Å². The molecule has 1 aromatic carbocycles. The van der Waals surface area contributed by atoms with Crippen LogP contribution in [0, 0.1) is 11.6 Å². The molecule has 2 nitrogen and oxygen atoms in total. The quantitative estimate of drug-likeness (QED) is 0.841. The smallest absolute Gasteiger partial charge is 0.131 e. The molecule has 0 bridgehead atoms. The van der Waals surface area contributed by atoms with Crippen LogP contribution in [0.2, 0.25) is 0 Å². The fraction of sp³-hybridized carbons (Fsp3) is 0.500. The van der Waals surface area contributed by atoms with Crippen LogP contribution in [0.4, 0.5) is 8.78 Å². The maximum atomic E-state index is 13.6. The summed E-state index contributed by atoms with van der Waals surface area (Å²) < 4.78 is 31.9. The molecule has 1 aliphatic rings. The number of morpholine rings is 1. The largest absolute Gasteiger partial charge is 0.370 e. The molecule has 0 radical (unpaired) electrons. The molecule has 1 heterocycles. The average molecular weight is 264 g/mol. The Labute approximate surface area is 106 Å². The van der Waals surface area contributed by atoms with E-state index < -0.39 is 11.6 Å². The Bertz CT molecular complexity index is 389. The van der Waals surface area contributed by atoms with Gasteiger partial charge in [0, 0.05) is 23.7 Å². The van der Waals surface area contributed by atoms with E-state index in [2.05, 4.69) is 5.32 Å². The van der Waals surface area contributed by atoms with Crippen molar-refractivity contribution in [1.29, 1.82) is 0 Å². The molecule has 96 valence electrons. The number of benzene rings is 1. The number of rotatable bonds is 1. The second-order valence-corrected chi connectivity index (χ2v) is 4.28. The molecule has 17 heavy (non-hydrogen) atoms. The molecule has 1 aromatic rings. The summed E-state index contributed by atoms with van der Waals surface area (Å²) in [6.45, 7) is 4.47. The zero-order chi connectivity index (χ0) is 11.7. The van der Waals surface area contributed by atoms with Crippen molar-refractivity contribution in [2.75, 3.05) is 6.61 Å². The molecule has 0 amide bonds. The summed E-state index contributed by atoms with van der Waals surface area (Å²) in [5.74, 6) is -1.11. The summed E-state index contributed by atoms with van der Waals surface area (Å²) in [6.07, 6.45) is -0.350. The van der Waals surface area contributed by atoms with Gasteiger partial charge in [-0.05, 0) is 19.9 Å². The first-order valence-corrected chi connectivity index (χ1v) is 5.40. The summed E-state index contributed by atoms with van der Waals surface area (Å²) in [4.78, 5) is 0. The van der Waals surface area contributed by atoms with Crippen molar-refractivity contribution in [3.8, 4) is 0 Å². The first-order valence-electron chi connectivity index (χ1n) is 5.40. The molecule has 0 spiro atoms. The van der Waals surface area contributed by atoms with Gasteiger partial charge in [-0.1, -0.05) is 6.07 Å². The zero-order valence-electron chi connectivity index (χ0n) is 9.74. The van der Waals surface area contributed by atoms with Crippen LogP contribution < -0.4 is 5.32 Å². The molecule has 1 N–H and O–H groups in total. The van der Waals surface area contributed by atoms with Crippen LogP contribution in [-0.2, 0) is 4.74 Å². The molecule has 1 fully saturated rings. The van der Waals surface area contributed by atoms with Crippen LogP contribution in [0.5, 0.6) is 0 Å². The van der Waals surface area contributed by atoms with Crippen LogP contribution >= 0.6 is 12.4 Å². The summed E-state index contributed by atoms with van der Waals surface area (Å²) >= 11 is 0. The highest BCUT2D eigenvalue weighted by atomic mass is 35.5. The van der Waals surface area contributed by atoms with Gasteiger partial charge in [0.1, 0.15) is 17.7 Å². The lowest BCUT2D eigenvalue weighted by atomic mass is 10.0. The molecular weight excluding hydrogens is 248 g/mol. The van der Waals surface area contributed by atoms with Gasteiger partial charge in [-0.2, -0.15) is 0 Å². The van der Waals surface area contributed by atoms with Gasteiger partial charge in [0.05, 0.1) is 6.61 Å². The van der Waals surface area contributed by atoms with Crippen LogP contribution in [0.15, 0.2) is 18.2 Å². The topological polar surface area (TPSA) is 21.3 Å². The second-order valence-electron chi connectivity index (χ2n) is 4.28. The zero-order valence-corrected chi connectivity index (χ0v) is 10.6. The SMILES string of the molecule is CC1N[C@@H](C)COC1c1ccc(F)cc1F.Cl. The number of ether oxygens (including phenoxy) is 1. The molecule has 1 aliphatic heterocycles. The Morgan fingerprint density at radius 3 is 2.59 bits per heavy atom. The lowest BCUT2D eigenvalue weighted by Crippen LogP contribution is -2.47. The minimum absolute atomic E-state index is 0. The number of nitrogens with one attached hydrogen (secondary N) is 1. The van der Waals surface area contributed by atoms with Crippen LogP contribution in [-0.4, -0.2) is 18.7 Å². The Kier molecular flexibility index (Phi) is 4.86. The monoisotopic (exact) mass is 263 g/mol. The van der Waals surface area contributed by atoms with Gasteiger partial charge < -0.3 is 10.1 Å². The number of halogens is 3. The van der Waals surface area contributed by atoms with E-state index in [-0.39, 0.29) is 30.6 Å². The highest BCUT2D eigenvalue weighted by Crippen LogP contribution is 2.27. The Morgan fingerprint density at radius 1 is 1.29 bits per heavy atom. The normalized spacial score (nSPS) is 28.6. The first-order chi connectivity index (χ1) is 7.58. The molecule has 3 atom stereocenters. The van der Waals surface area contributed by atoms with Gasteiger partial charge in [-0.3, -0.25) is 0 Å². The third kappa shape index (κ3) is 3.15. The first kappa shape index (κ1) is 14.4. The molecule has 2 unspecified atom stereocenters. The van der Waals surface area contributed by atoms with E-state index >= 15 is 0 Å². The molecule has 1 saturated heterocycles. The Hall–Kier alpha value is -0.710. The van der Waals surface area contributed by atoms with Crippen molar-refractivity contribution in [3.63, 3.8) is 0 Å². The maximum absolute atomic E-state index is 13.6. The van der Waals surface area contributed by atoms with Gasteiger partial charge >= 0.3 is 0 Å². The van der Waals surface area contributed by atoms with Crippen LogP contribution in [0.25, 0.3) is 0 Å². The third-order valence-electron chi connectivity index (χ3n) is 2.80. The fourth-order valence-corrected chi connectivity index (χ4v) is 2.07. The molecule has 2 rings (SSSR count). The number of hydrogen-bond acceptors (Lipinski definition) is 2. The fourth-order valence-electron chi connectivity index (χ4n) is 2.07. The van der Waals surface area contributed by atoms with Gasteiger partial charge in [0.2, 0.25) is 0 Å². The lowest BCUT2D eigenvalue weighted by Gasteiger charge is -2.34. The summed E-state index contributed by atoms with van der Waals surface area (Å²) in [6, 6.07) is 3.87. The molecule has 0 aliphatic carbocycles. The number of hydrogen-bond donors (Lipinski definition) is 1. The van der Waals surface area contributed by atoms with Crippen molar-refractivity contribution in [2.24, 2.45) is 0 Å². The highest BCUT2D eigenvalue weighted by molar-refractivity contribution is 5.85. The molecule has 0 aromatic heterocycles. The Morgan fingerprint density at radius 2 is 2.00 bits per heavy atom. The second kappa shape index (κ2) is 5.76. The van der Waals surface area contributed by atoms with E-state index in [1.54, 1.807) is 0 Å².